The lowest BCUT2D eigenvalue weighted by Crippen LogP contribution is -2.17. The highest BCUT2D eigenvalue weighted by molar-refractivity contribution is 5.86. The molecule has 0 saturated carbocycles. The first kappa shape index (κ1) is 13.3. The van der Waals surface area contributed by atoms with Gasteiger partial charge in [0.15, 0.2) is 0 Å². The van der Waals surface area contributed by atoms with E-state index < -0.39 is 5.97 Å². The van der Waals surface area contributed by atoms with E-state index in [-0.39, 0.29) is 11.8 Å². The number of hydrogen-bond donors (Lipinski definition) is 2. The third kappa shape index (κ3) is 3.20. The van der Waals surface area contributed by atoms with Gasteiger partial charge in [-0.1, -0.05) is 6.07 Å². The molecule has 2 rings (SSSR count). The number of carboxylic acid groups (broad SMARTS) is 1. The number of pyridine rings is 1. The number of nitrogens with zero attached hydrogens (tertiary/aromatic N) is 1. The predicted molar refractivity (Wildman–Crippen MR) is 69.9 cm³/mol. The van der Waals surface area contributed by atoms with E-state index in [9.17, 15) is 4.79 Å². The van der Waals surface area contributed by atoms with Gasteiger partial charge >= 0.3 is 5.97 Å². The number of furan rings is 1. The SMILES string of the molecule is Cc1cc(CNC(C)c2cccnc2)oc1C(=O)O. The molecule has 0 aromatic carbocycles. The van der Waals surface area contributed by atoms with E-state index in [2.05, 4.69) is 10.3 Å². The van der Waals surface area contributed by atoms with Gasteiger partial charge in [0, 0.05) is 24.0 Å². The van der Waals surface area contributed by atoms with E-state index >= 15 is 0 Å². The number of hydrogen-bond acceptors (Lipinski definition) is 4. The Bertz CT molecular complexity index is 563. The number of aromatic carboxylic acids is 1. The van der Waals surface area contributed by atoms with Gasteiger partial charge in [-0.2, -0.15) is 0 Å². The quantitative estimate of drug-likeness (QED) is 0.864. The van der Waals surface area contributed by atoms with E-state index in [1.54, 1.807) is 25.4 Å². The standard InChI is InChI=1S/C14H16N2O3/c1-9-6-12(19-13(9)14(17)18)8-16-10(2)11-4-3-5-15-7-11/h3-7,10,16H,8H2,1-2H3,(H,17,18). The summed E-state index contributed by atoms with van der Waals surface area (Å²) in [5.41, 5.74) is 1.71. The Morgan fingerprint density at radius 3 is 2.95 bits per heavy atom. The summed E-state index contributed by atoms with van der Waals surface area (Å²) < 4.78 is 5.28. The Labute approximate surface area is 111 Å². The highest BCUT2D eigenvalue weighted by Crippen LogP contribution is 2.16. The van der Waals surface area contributed by atoms with Gasteiger partial charge in [0.25, 0.3) is 0 Å². The number of carbonyl (C=O) groups is 1. The first-order valence-corrected chi connectivity index (χ1v) is 6.04. The summed E-state index contributed by atoms with van der Waals surface area (Å²) >= 11 is 0. The molecule has 0 aliphatic rings. The van der Waals surface area contributed by atoms with Crippen LogP contribution in [0, 0.1) is 6.92 Å². The Morgan fingerprint density at radius 1 is 1.58 bits per heavy atom. The van der Waals surface area contributed by atoms with Crippen molar-refractivity contribution >= 4 is 5.97 Å². The Hall–Kier alpha value is -2.14. The first-order valence-electron chi connectivity index (χ1n) is 6.04. The second kappa shape index (κ2) is 5.67. The molecule has 0 saturated heterocycles. The molecule has 0 spiro atoms. The molecule has 2 aromatic rings. The van der Waals surface area contributed by atoms with Crippen molar-refractivity contribution in [3.8, 4) is 0 Å². The summed E-state index contributed by atoms with van der Waals surface area (Å²) in [5.74, 6) is -0.416. The predicted octanol–water partition coefficient (Wildman–Crippen LogP) is 2.53. The van der Waals surface area contributed by atoms with Crippen LogP contribution in [0.3, 0.4) is 0 Å². The lowest BCUT2D eigenvalue weighted by atomic mass is 10.1. The monoisotopic (exact) mass is 260 g/mol. The fourth-order valence-electron chi connectivity index (χ4n) is 1.85. The van der Waals surface area contributed by atoms with Crippen molar-refractivity contribution in [1.29, 1.82) is 0 Å². The minimum absolute atomic E-state index is 0.00540. The van der Waals surface area contributed by atoms with Crippen LogP contribution >= 0.6 is 0 Å². The number of aromatic nitrogens is 1. The van der Waals surface area contributed by atoms with E-state index in [4.69, 9.17) is 9.52 Å². The molecule has 19 heavy (non-hydrogen) atoms. The number of carboxylic acids is 1. The van der Waals surface area contributed by atoms with Crippen molar-refractivity contribution in [2.45, 2.75) is 26.4 Å². The van der Waals surface area contributed by atoms with Crippen molar-refractivity contribution in [1.82, 2.24) is 10.3 Å². The zero-order chi connectivity index (χ0) is 13.8. The highest BCUT2D eigenvalue weighted by Gasteiger charge is 2.14. The van der Waals surface area contributed by atoms with Crippen molar-refractivity contribution in [2.75, 3.05) is 0 Å². The molecule has 100 valence electrons. The van der Waals surface area contributed by atoms with Crippen LogP contribution in [0.5, 0.6) is 0 Å². The summed E-state index contributed by atoms with van der Waals surface area (Å²) in [6.07, 6.45) is 3.53. The van der Waals surface area contributed by atoms with Gasteiger partial charge in [-0.05, 0) is 31.5 Å². The molecule has 0 aliphatic carbocycles. The lowest BCUT2D eigenvalue weighted by molar-refractivity contribution is 0.0659. The second-order valence-corrected chi connectivity index (χ2v) is 4.42. The van der Waals surface area contributed by atoms with Crippen LogP contribution in [0.4, 0.5) is 0 Å². The molecule has 0 fully saturated rings. The second-order valence-electron chi connectivity index (χ2n) is 4.42. The van der Waals surface area contributed by atoms with Crippen molar-refractivity contribution in [3.63, 3.8) is 0 Å². The Kier molecular flexibility index (Phi) is 3.97. The van der Waals surface area contributed by atoms with Gasteiger partial charge in [0.05, 0.1) is 6.54 Å². The van der Waals surface area contributed by atoms with Crippen LogP contribution < -0.4 is 5.32 Å². The minimum Gasteiger partial charge on any atom is -0.475 e. The van der Waals surface area contributed by atoms with Crippen LogP contribution in [0.15, 0.2) is 35.0 Å². The van der Waals surface area contributed by atoms with Crippen LogP contribution in [0.2, 0.25) is 0 Å². The van der Waals surface area contributed by atoms with E-state index in [0.717, 1.165) is 5.56 Å². The smallest absolute Gasteiger partial charge is 0.372 e. The molecule has 0 radical (unpaired) electrons. The van der Waals surface area contributed by atoms with Crippen LogP contribution in [-0.4, -0.2) is 16.1 Å². The van der Waals surface area contributed by atoms with Crippen LogP contribution in [0.25, 0.3) is 0 Å². The fraction of sp³-hybridized carbons (Fsp3) is 0.286. The highest BCUT2D eigenvalue weighted by atomic mass is 16.4. The molecule has 0 aliphatic heterocycles. The summed E-state index contributed by atoms with van der Waals surface area (Å²) in [7, 11) is 0. The molecule has 0 amide bonds. The van der Waals surface area contributed by atoms with Gasteiger partial charge in [0.1, 0.15) is 5.76 Å². The van der Waals surface area contributed by atoms with Crippen molar-refractivity contribution < 1.29 is 14.3 Å². The number of rotatable bonds is 5. The Morgan fingerprint density at radius 2 is 2.37 bits per heavy atom. The zero-order valence-corrected chi connectivity index (χ0v) is 10.9. The van der Waals surface area contributed by atoms with Gasteiger partial charge < -0.3 is 14.8 Å². The summed E-state index contributed by atoms with van der Waals surface area (Å²) in [6.45, 7) is 4.22. The largest absolute Gasteiger partial charge is 0.475 e. The molecule has 2 heterocycles. The lowest BCUT2D eigenvalue weighted by Gasteiger charge is -2.12. The van der Waals surface area contributed by atoms with Crippen LogP contribution in [0.1, 0.15) is 40.4 Å². The zero-order valence-electron chi connectivity index (χ0n) is 10.9. The first-order chi connectivity index (χ1) is 9.08. The average Bonchev–Trinajstić information content (AvgIpc) is 2.78. The number of aryl methyl sites for hydroxylation is 1. The summed E-state index contributed by atoms with van der Waals surface area (Å²) in [5, 5.41) is 12.2. The maximum atomic E-state index is 10.9. The molecule has 5 nitrogen and oxygen atoms in total. The van der Waals surface area contributed by atoms with Gasteiger partial charge in [0.2, 0.25) is 5.76 Å². The third-order valence-electron chi connectivity index (χ3n) is 2.93. The maximum Gasteiger partial charge on any atom is 0.372 e. The summed E-state index contributed by atoms with van der Waals surface area (Å²) in [4.78, 5) is 14.9. The normalized spacial score (nSPS) is 12.3. The van der Waals surface area contributed by atoms with Crippen molar-refractivity contribution in [2.24, 2.45) is 0 Å². The molecular formula is C14H16N2O3. The molecule has 2 aromatic heterocycles. The molecule has 5 heteroatoms. The Balaban J connectivity index is 1.99. The van der Waals surface area contributed by atoms with E-state index in [1.165, 1.54) is 0 Å². The molecule has 1 unspecified atom stereocenters. The van der Waals surface area contributed by atoms with Gasteiger partial charge in [-0.25, -0.2) is 4.79 Å². The third-order valence-corrected chi connectivity index (χ3v) is 2.93. The molecule has 0 bridgehead atoms. The topological polar surface area (TPSA) is 75.4 Å². The maximum absolute atomic E-state index is 10.9. The summed E-state index contributed by atoms with van der Waals surface area (Å²) in [6, 6.07) is 5.73. The van der Waals surface area contributed by atoms with Crippen molar-refractivity contribution in [3.05, 3.63) is 53.2 Å². The molecule has 1 atom stereocenters. The average molecular weight is 260 g/mol. The van der Waals surface area contributed by atoms with E-state index in [0.29, 0.717) is 17.9 Å². The molecule has 2 N–H and O–H groups in total. The van der Waals surface area contributed by atoms with Gasteiger partial charge in [-0.15, -0.1) is 0 Å². The number of nitrogens with one attached hydrogen (secondary N) is 1. The van der Waals surface area contributed by atoms with Gasteiger partial charge in [-0.3, -0.25) is 4.98 Å². The molecular weight excluding hydrogens is 244 g/mol. The minimum atomic E-state index is -1.04. The fourth-order valence-corrected chi connectivity index (χ4v) is 1.85. The van der Waals surface area contributed by atoms with E-state index in [1.807, 2.05) is 19.1 Å². The van der Waals surface area contributed by atoms with Crippen LogP contribution in [-0.2, 0) is 6.54 Å².